The van der Waals surface area contributed by atoms with Gasteiger partial charge in [-0.25, -0.2) is 4.79 Å². The number of rotatable bonds is 6. The molecular weight excluding hydrogens is 469 g/mol. The molecule has 0 aliphatic carbocycles. The molecular formula is C17H16IN3O4S. The van der Waals surface area contributed by atoms with Crippen LogP contribution in [0.4, 0.5) is 0 Å². The van der Waals surface area contributed by atoms with Gasteiger partial charge in [0, 0.05) is 0 Å². The first-order chi connectivity index (χ1) is 12.4. The number of ether oxygens (including phenoxy) is 3. The molecule has 26 heavy (non-hydrogen) atoms. The van der Waals surface area contributed by atoms with Crippen LogP contribution in [0.25, 0.3) is 0 Å². The van der Waals surface area contributed by atoms with Gasteiger partial charge < -0.3 is 19.9 Å². The second kappa shape index (κ2) is 9.34. The Morgan fingerprint density at radius 2 is 1.92 bits per heavy atom. The van der Waals surface area contributed by atoms with Crippen LogP contribution in [0.5, 0.6) is 17.2 Å². The summed E-state index contributed by atoms with van der Waals surface area (Å²) in [4.78, 5) is 12.4. The zero-order valence-electron chi connectivity index (χ0n) is 14.0. The highest BCUT2D eigenvalue weighted by Gasteiger charge is 2.16. The molecule has 0 radical (unpaired) electrons. The highest BCUT2D eigenvalue weighted by atomic mass is 127. The van der Waals surface area contributed by atoms with Gasteiger partial charge in [-0.15, -0.1) is 0 Å². The third kappa shape index (κ3) is 5.30. The van der Waals surface area contributed by atoms with Crippen LogP contribution in [0, 0.1) is 3.57 Å². The van der Waals surface area contributed by atoms with Crippen molar-refractivity contribution in [2.45, 2.75) is 0 Å². The van der Waals surface area contributed by atoms with Gasteiger partial charge in [0.25, 0.3) is 0 Å². The normalized spacial score (nSPS) is 10.4. The molecule has 0 aliphatic heterocycles. The number of nitrogens with zero attached hydrogens (tertiary/aromatic N) is 1. The average molecular weight is 485 g/mol. The van der Waals surface area contributed by atoms with Crippen molar-refractivity contribution in [1.29, 1.82) is 0 Å². The van der Waals surface area contributed by atoms with Crippen LogP contribution in [0.3, 0.4) is 0 Å². The maximum Gasteiger partial charge on any atom is 0.343 e. The molecule has 2 aromatic carbocycles. The SMILES string of the molecule is COc1ccc(C(=O)Oc2c(I)cc(C=NNC(N)=S)cc2OC)cc1. The van der Waals surface area contributed by atoms with Crippen LogP contribution in [0.1, 0.15) is 15.9 Å². The number of hydrogen-bond acceptors (Lipinski definition) is 6. The van der Waals surface area contributed by atoms with Crippen LogP contribution in [-0.4, -0.2) is 31.5 Å². The summed E-state index contributed by atoms with van der Waals surface area (Å²) in [7, 11) is 3.05. The molecule has 0 heterocycles. The summed E-state index contributed by atoms with van der Waals surface area (Å²) in [6, 6.07) is 10.1. The van der Waals surface area contributed by atoms with E-state index in [0.29, 0.717) is 26.4 Å². The Morgan fingerprint density at radius 3 is 2.50 bits per heavy atom. The number of hydrogen-bond donors (Lipinski definition) is 2. The summed E-state index contributed by atoms with van der Waals surface area (Å²) in [6.07, 6.45) is 1.53. The van der Waals surface area contributed by atoms with Gasteiger partial charge in [0.15, 0.2) is 16.6 Å². The Bertz CT molecular complexity index is 841. The molecule has 0 aromatic heterocycles. The van der Waals surface area contributed by atoms with Crippen molar-refractivity contribution < 1.29 is 19.0 Å². The summed E-state index contributed by atoms with van der Waals surface area (Å²) < 4.78 is 16.6. The zero-order valence-corrected chi connectivity index (χ0v) is 17.0. The summed E-state index contributed by atoms with van der Waals surface area (Å²) in [5.74, 6) is 0.882. The van der Waals surface area contributed by atoms with Gasteiger partial charge in [-0.05, 0) is 76.8 Å². The number of carbonyl (C=O) groups excluding carboxylic acids is 1. The van der Waals surface area contributed by atoms with Crippen LogP contribution < -0.4 is 25.4 Å². The summed E-state index contributed by atoms with van der Waals surface area (Å²) in [6.45, 7) is 0. The molecule has 2 rings (SSSR count). The molecule has 2 aromatic rings. The molecule has 0 saturated carbocycles. The Balaban J connectivity index is 2.23. The van der Waals surface area contributed by atoms with E-state index < -0.39 is 5.97 Å². The molecule has 0 aliphatic rings. The van der Waals surface area contributed by atoms with Gasteiger partial charge in [-0.1, -0.05) is 0 Å². The van der Waals surface area contributed by atoms with Gasteiger partial charge in [0.2, 0.25) is 0 Å². The van der Waals surface area contributed by atoms with E-state index in [1.807, 2.05) is 0 Å². The van der Waals surface area contributed by atoms with Crippen molar-refractivity contribution in [1.82, 2.24) is 5.43 Å². The summed E-state index contributed by atoms with van der Waals surface area (Å²) in [5.41, 5.74) is 8.90. The first-order valence-corrected chi connectivity index (χ1v) is 8.75. The standard InChI is InChI=1S/C17H16IN3O4S/c1-23-12-5-3-11(4-6-12)16(22)25-15-13(18)7-10(8-14(15)24-2)9-20-21-17(19)26/h3-9H,1-2H3,(H3,19,21,26). The fourth-order valence-electron chi connectivity index (χ4n) is 1.96. The number of thiocarbonyl (C=S) groups is 1. The minimum atomic E-state index is -0.500. The Kier molecular flexibility index (Phi) is 7.16. The van der Waals surface area contributed by atoms with Gasteiger partial charge >= 0.3 is 5.97 Å². The smallest absolute Gasteiger partial charge is 0.343 e. The van der Waals surface area contributed by atoms with Gasteiger partial charge in [-0.2, -0.15) is 5.10 Å². The van der Waals surface area contributed by atoms with Crippen molar-refractivity contribution in [2.24, 2.45) is 10.8 Å². The molecule has 136 valence electrons. The average Bonchev–Trinajstić information content (AvgIpc) is 2.63. The number of halogens is 1. The molecule has 0 unspecified atom stereocenters. The first-order valence-electron chi connectivity index (χ1n) is 7.27. The fraction of sp³-hybridized carbons (Fsp3) is 0.118. The molecule has 3 N–H and O–H groups in total. The van der Waals surface area contributed by atoms with E-state index in [-0.39, 0.29) is 5.11 Å². The molecule has 0 spiro atoms. The number of methoxy groups -OCH3 is 2. The first kappa shape index (κ1) is 19.9. The fourth-order valence-corrected chi connectivity index (χ4v) is 2.75. The van der Waals surface area contributed by atoms with Gasteiger partial charge in [0.1, 0.15) is 5.75 Å². The van der Waals surface area contributed by atoms with Gasteiger partial charge in [-0.3, -0.25) is 5.43 Å². The quantitative estimate of drug-likeness (QED) is 0.162. The van der Waals surface area contributed by atoms with E-state index in [1.165, 1.54) is 13.3 Å². The maximum atomic E-state index is 12.4. The molecule has 7 nitrogen and oxygen atoms in total. The van der Waals surface area contributed by atoms with E-state index in [2.05, 4.69) is 45.3 Å². The number of benzene rings is 2. The molecule has 0 fully saturated rings. The van der Waals surface area contributed by atoms with Crippen LogP contribution in [-0.2, 0) is 0 Å². The molecule has 9 heteroatoms. The number of nitrogens with one attached hydrogen (secondary N) is 1. The van der Waals surface area contributed by atoms with Crippen molar-refractivity contribution in [3.63, 3.8) is 0 Å². The number of esters is 1. The van der Waals surface area contributed by atoms with E-state index >= 15 is 0 Å². The lowest BCUT2D eigenvalue weighted by Gasteiger charge is -2.12. The lowest BCUT2D eigenvalue weighted by Crippen LogP contribution is -2.24. The number of hydrazone groups is 1. The summed E-state index contributed by atoms with van der Waals surface area (Å²) in [5, 5.41) is 3.96. The lowest BCUT2D eigenvalue weighted by molar-refractivity contribution is 0.0728. The van der Waals surface area contributed by atoms with Crippen molar-refractivity contribution in [3.05, 3.63) is 51.1 Å². The van der Waals surface area contributed by atoms with E-state index in [4.69, 9.17) is 19.9 Å². The Hall–Kier alpha value is -2.40. The molecule has 0 amide bonds. The Labute approximate surface area is 169 Å². The third-order valence-electron chi connectivity index (χ3n) is 3.16. The topological polar surface area (TPSA) is 95.2 Å². The van der Waals surface area contributed by atoms with Crippen LogP contribution in [0.15, 0.2) is 41.5 Å². The number of nitrogens with two attached hydrogens (primary N) is 1. The van der Waals surface area contributed by atoms with E-state index in [1.54, 1.807) is 43.5 Å². The van der Waals surface area contributed by atoms with Crippen molar-refractivity contribution in [2.75, 3.05) is 14.2 Å². The highest BCUT2D eigenvalue weighted by molar-refractivity contribution is 14.1. The minimum absolute atomic E-state index is 0.0629. The maximum absolute atomic E-state index is 12.4. The van der Waals surface area contributed by atoms with Crippen LogP contribution >= 0.6 is 34.8 Å². The molecule has 0 saturated heterocycles. The largest absolute Gasteiger partial charge is 0.497 e. The predicted octanol–water partition coefficient (Wildman–Crippen LogP) is 2.69. The number of carbonyl (C=O) groups is 1. The minimum Gasteiger partial charge on any atom is -0.497 e. The van der Waals surface area contributed by atoms with Crippen LogP contribution in [0.2, 0.25) is 0 Å². The molecule has 0 atom stereocenters. The zero-order chi connectivity index (χ0) is 19.1. The van der Waals surface area contributed by atoms with Gasteiger partial charge in [0.05, 0.1) is 29.6 Å². The second-order valence-electron chi connectivity index (χ2n) is 4.89. The monoisotopic (exact) mass is 485 g/mol. The predicted molar refractivity (Wildman–Crippen MR) is 111 cm³/mol. The van der Waals surface area contributed by atoms with E-state index in [9.17, 15) is 4.79 Å². The summed E-state index contributed by atoms with van der Waals surface area (Å²) >= 11 is 6.73. The lowest BCUT2D eigenvalue weighted by atomic mass is 10.2. The van der Waals surface area contributed by atoms with E-state index in [0.717, 1.165) is 5.56 Å². The Morgan fingerprint density at radius 1 is 1.23 bits per heavy atom. The third-order valence-corrected chi connectivity index (χ3v) is 4.05. The second-order valence-corrected chi connectivity index (χ2v) is 6.49. The van der Waals surface area contributed by atoms with Crippen molar-refractivity contribution in [3.8, 4) is 17.2 Å². The molecule has 0 bridgehead atoms. The van der Waals surface area contributed by atoms with Crippen molar-refractivity contribution >= 4 is 52.1 Å². The highest BCUT2D eigenvalue weighted by Crippen LogP contribution is 2.34.